The lowest BCUT2D eigenvalue weighted by molar-refractivity contribution is -0.154. The van der Waals surface area contributed by atoms with Crippen LogP contribution in [0.15, 0.2) is 12.7 Å². The zero-order valence-electron chi connectivity index (χ0n) is 21.4. The predicted molar refractivity (Wildman–Crippen MR) is 134 cm³/mol. The van der Waals surface area contributed by atoms with Crippen molar-refractivity contribution in [2.75, 3.05) is 26.3 Å². The van der Waals surface area contributed by atoms with Gasteiger partial charge < -0.3 is 19.6 Å². The number of esters is 1. The van der Waals surface area contributed by atoms with Crippen molar-refractivity contribution in [2.24, 2.45) is 17.8 Å². The van der Waals surface area contributed by atoms with Gasteiger partial charge in [0.15, 0.2) is 0 Å². The number of rotatable bonds is 11. The molecule has 0 aromatic rings. The third-order valence-electron chi connectivity index (χ3n) is 7.73. The zero-order valence-corrected chi connectivity index (χ0v) is 22.2. The first kappa shape index (κ1) is 27.1. The number of carbonyl (C=O) groups is 3. The van der Waals surface area contributed by atoms with Gasteiger partial charge in [-0.3, -0.25) is 14.4 Å². The van der Waals surface area contributed by atoms with Gasteiger partial charge >= 0.3 is 5.97 Å². The zero-order chi connectivity index (χ0) is 25.3. The number of carbonyl (C=O) groups excluding carboxylic acids is 3. The lowest BCUT2D eigenvalue weighted by atomic mass is 9.66. The number of ether oxygens (including phenoxy) is 1. The molecule has 3 rings (SSSR count). The van der Waals surface area contributed by atoms with E-state index in [9.17, 15) is 14.4 Å². The molecule has 3 unspecified atom stereocenters. The minimum Gasteiger partial charge on any atom is -0.466 e. The van der Waals surface area contributed by atoms with Gasteiger partial charge in [-0.25, -0.2) is 0 Å². The molecule has 3 fully saturated rings. The Balaban J connectivity index is 2.01. The molecule has 0 saturated carbocycles. The molecule has 192 valence electrons. The number of unbranched alkanes of at least 4 members (excludes halogenated alkanes) is 3. The molecule has 2 bridgehead atoms. The first-order chi connectivity index (χ1) is 16.1. The van der Waals surface area contributed by atoms with Crippen LogP contribution < -0.4 is 0 Å². The largest absolute Gasteiger partial charge is 0.466 e. The number of hydrogen-bond donors (Lipinski definition) is 1. The van der Waals surface area contributed by atoms with Crippen molar-refractivity contribution in [1.82, 2.24) is 9.80 Å². The van der Waals surface area contributed by atoms with Gasteiger partial charge in [0.1, 0.15) is 6.04 Å². The average molecular weight is 495 g/mol. The van der Waals surface area contributed by atoms with E-state index in [-0.39, 0.29) is 42.2 Å². The maximum atomic E-state index is 14.3. The maximum absolute atomic E-state index is 14.3. The molecule has 1 spiro atoms. The summed E-state index contributed by atoms with van der Waals surface area (Å²) < 4.78 is 4.79. The number of likely N-dealkylation sites (tertiary alicyclic amines) is 1. The van der Waals surface area contributed by atoms with E-state index in [4.69, 9.17) is 9.84 Å². The van der Waals surface area contributed by atoms with Crippen LogP contribution in [-0.2, 0) is 19.1 Å². The number of fused-ring (bicyclic) bond motifs is 1. The Morgan fingerprint density at radius 2 is 1.97 bits per heavy atom. The van der Waals surface area contributed by atoms with Gasteiger partial charge in [0, 0.05) is 30.5 Å². The molecule has 0 radical (unpaired) electrons. The molecule has 0 aromatic heterocycles. The fraction of sp³-hybridized carbons (Fsp3) is 0.808. The molecule has 0 aliphatic carbocycles. The van der Waals surface area contributed by atoms with Crippen molar-refractivity contribution in [2.45, 2.75) is 88.3 Å². The van der Waals surface area contributed by atoms with E-state index in [1.807, 2.05) is 25.7 Å². The van der Waals surface area contributed by atoms with E-state index < -0.39 is 28.2 Å². The summed E-state index contributed by atoms with van der Waals surface area (Å²) >= 11 is 1.69. The summed E-state index contributed by atoms with van der Waals surface area (Å²) in [6, 6.07) is -0.605. The fourth-order valence-electron chi connectivity index (χ4n) is 6.26. The van der Waals surface area contributed by atoms with Crippen LogP contribution >= 0.6 is 11.8 Å². The Morgan fingerprint density at radius 3 is 2.56 bits per heavy atom. The number of aliphatic hydroxyl groups excluding tert-OH is 1. The summed E-state index contributed by atoms with van der Waals surface area (Å²) in [6.07, 6.45) is 5.81. The van der Waals surface area contributed by atoms with Gasteiger partial charge in [0.05, 0.1) is 23.2 Å². The van der Waals surface area contributed by atoms with Crippen LogP contribution in [0.2, 0.25) is 0 Å². The highest BCUT2D eigenvalue weighted by molar-refractivity contribution is 8.02. The summed E-state index contributed by atoms with van der Waals surface area (Å²) in [5, 5.41) is 9.09. The van der Waals surface area contributed by atoms with Crippen molar-refractivity contribution >= 4 is 29.5 Å². The third-order valence-corrected chi connectivity index (χ3v) is 9.81. The van der Waals surface area contributed by atoms with Crippen LogP contribution in [0.25, 0.3) is 0 Å². The normalized spacial score (nSPS) is 32.1. The van der Waals surface area contributed by atoms with Crippen molar-refractivity contribution in [3.63, 3.8) is 0 Å². The molecular weight excluding hydrogens is 452 g/mol. The van der Waals surface area contributed by atoms with Crippen LogP contribution in [0, 0.1) is 17.8 Å². The van der Waals surface area contributed by atoms with Crippen LogP contribution in [0.5, 0.6) is 0 Å². The van der Waals surface area contributed by atoms with Gasteiger partial charge in [0.25, 0.3) is 0 Å². The highest BCUT2D eigenvalue weighted by atomic mass is 32.2. The number of nitrogens with zero attached hydrogens (tertiary/aromatic N) is 2. The second-order valence-electron chi connectivity index (χ2n) is 10.9. The minimum absolute atomic E-state index is 0.00694. The highest BCUT2D eigenvalue weighted by Gasteiger charge is 2.76. The molecule has 2 amide bonds. The summed E-state index contributed by atoms with van der Waals surface area (Å²) in [4.78, 5) is 44.9. The van der Waals surface area contributed by atoms with Gasteiger partial charge in [-0.05, 0) is 52.9 Å². The molecule has 3 aliphatic rings. The monoisotopic (exact) mass is 494 g/mol. The average Bonchev–Trinajstić information content (AvgIpc) is 3.35. The van der Waals surface area contributed by atoms with Crippen LogP contribution in [-0.4, -0.2) is 80.6 Å². The Hall–Kier alpha value is -1.54. The molecule has 1 N–H and O–H groups in total. The summed E-state index contributed by atoms with van der Waals surface area (Å²) in [5.74, 6) is -1.31. The first-order valence-electron chi connectivity index (χ1n) is 12.7. The Bertz CT molecular complexity index is 797. The third kappa shape index (κ3) is 4.52. The standard InChI is InChI=1S/C26H42N2O5S/c1-7-13-28(25(4,5)6)23(31)21-26-17(3)16-18(34-26)19(24(32)33-8-2)20(26)22(30)27(21)14-11-9-10-12-15-29/h7,17-21,29H,1,8-16H2,2-6H3/t17?,18-,19+,20-,21?,26?/m0/s1. The predicted octanol–water partition coefficient (Wildman–Crippen LogP) is 3.25. The van der Waals surface area contributed by atoms with E-state index >= 15 is 0 Å². The van der Waals surface area contributed by atoms with E-state index in [1.54, 1.807) is 29.7 Å². The van der Waals surface area contributed by atoms with E-state index in [2.05, 4.69) is 13.5 Å². The van der Waals surface area contributed by atoms with Gasteiger partial charge in [-0.1, -0.05) is 25.8 Å². The number of hydrogen-bond acceptors (Lipinski definition) is 6. The highest BCUT2D eigenvalue weighted by Crippen LogP contribution is 2.68. The molecule has 3 saturated heterocycles. The summed E-state index contributed by atoms with van der Waals surface area (Å²) in [6.45, 7) is 15.1. The SMILES string of the molecule is C=CCN(C(=O)C1N(CCCCCCO)C(=O)[C@@H]2[C@H](C(=O)OCC)[C@@H]3CC(C)C12S3)C(C)(C)C. The second-order valence-corrected chi connectivity index (χ2v) is 12.4. The lowest BCUT2D eigenvalue weighted by Crippen LogP contribution is -2.60. The molecule has 0 aromatic carbocycles. The van der Waals surface area contributed by atoms with Gasteiger partial charge in [-0.15, -0.1) is 18.3 Å². The van der Waals surface area contributed by atoms with Crippen LogP contribution in [0.4, 0.5) is 0 Å². The summed E-state index contributed by atoms with van der Waals surface area (Å²) in [7, 11) is 0. The topological polar surface area (TPSA) is 87.2 Å². The smallest absolute Gasteiger partial charge is 0.310 e. The Kier molecular flexibility index (Phi) is 8.44. The molecule has 3 aliphatic heterocycles. The van der Waals surface area contributed by atoms with Gasteiger partial charge in [0.2, 0.25) is 11.8 Å². The molecule has 8 heteroatoms. The van der Waals surface area contributed by atoms with Gasteiger partial charge in [-0.2, -0.15) is 0 Å². The number of amides is 2. The minimum atomic E-state index is -0.619. The Morgan fingerprint density at radius 1 is 1.29 bits per heavy atom. The van der Waals surface area contributed by atoms with Crippen molar-refractivity contribution in [3.8, 4) is 0 Å². The molecule has 7 nitrogen and oxygen atoms in total. The molecular formula is C26H42N2O5S. The molecule has 34 heavy (non-hydrogen) atoms. The first-order valence-corrected chi connectivity index (χ1v) is 13.6. The van der Waals surface area contributed by atoms with E-state index in [0.717, 1.165) is 32.1 Å². The van der Waals surface area contributed by atoms with Crippen molar-refractivity contribution in [3.05, 3.63) is 12.7 Å². The van der Waals surface area contributed by atoms with Crippen LogP contribution in [0.1, 0.15) is 66.7 Å². The molecule has 3 heterocycles. The van der Waals surface area contributed by atoms with E-state index in [0.29, 0.717) is 13.1 Å². The second kappa shape index (κ2) is 10.6. The fourth-order valence-corrected chi connectivity index (χ4v) is 8.67. The Labute approximate surface area is 208 Å². The van der Waals surface area contributed by atoms with Crippen molar-refractivity contribution in [1.29, 1.82) is 0 Å². The maximum Gasteiger partial charge on any atom is 0.310 e. The quantitative estimate of drug-likeness (QED) is 0.270. The lowest BCUT2D eigenvalue weighted by Gasteiger charge is -2.44. The number of aliphatic hydroxyl groups is 1. The van der Waals surface area contributed by atoms with Crippen LogP contribution in [0.3, 0.4) is 0 Å². The van der Waals surface area contributed by atoms with Crippen molar-refractivity contribution < 1.29 is 24.2 Å². The molecule has 6 atom stereocenters. The summed E-state index contributed by atoms with van der Waals surface area (Å²) in [5.41, 5.74) is -0.430. The number of thioether (sulfide) groups is 1. The van der Waals surface area contributed by atoms with E-state index in [1.165, 1.54) is 0 Å².